The van der Waals surface area contributed by atoms with Crippen molar-refractivity contribution in [1.82, 2.24) is 10.2 Å². The number of hydrogen-bond donors (Lipinski definition) is 3. The molecule has 9 nitrogen and oxygen atoms in total. The molecule has 3 N–H and O–H groups in total. The van der Waals surface area contributed by atoms with E-state index < -0.39 is 11.9 Å². The predicted molar refractivity (Wildman–Crippen MR) is 89.5 cm³/mol. The van der Waals surface area contributed by atoms with Crippen molar-refractivity contribution in [2.75, 3.05) is 47.5 Å². The van der Waals surface area contributed by atoms with Crippen LogP contribution in [0, 0.1) is 0 Å². The number of aliphatic carboxylic acids is 2. The van der Waals surface area contributed by atoms with Gasteiger partial charge in [-0.15, -0.1) is 0 Å². The van der Waals surface area contributed by atoms with Crippen molar-refractivity contribution in [3.63, 3.8) is 0 Å². The van der Waals surface area contributed by atoms with Gasteiger partial charge in [0, 0.05) is 38.3 Å². The number of rotatable bonds is 5. The third-order valence-electron chi connectivity index (χ3n) is 3.57. The zero-order valence-electron chi connectivity index (χ0n) is 14.6. The molecule has 0 aromatic heterocycles. The number of hydrogen-bond acceptors (Lipinski definition) is 7. The fourth-order valence-electron chi connectivity index (χ4n) is 2.40. The predicted octanol–water partition coefficient (Wildman–Crippen LogP) is 0.273. The molecule has 0 saturated carbocycles. The molecule has 1 fully saturated rings. The van der Waals surface area contributed by atoms with Crippen LogP contribution in [-0.2, 0) is 16.1 Å². The molecule has 25 heavy (non-hydrogen) atoms. The highest BCUT2D eigenvalue weighted by atomic mass is 16.5. The maximum absolute atomic E-state index is 9.10. The molecule has 9 heteroatoms. The number of benzene rings is 1. The van der Waals surface area contributed by atoms with Gasteiger partial charge in [0.25, 0.3) is 0 Å². The van der Waals surface area contributed by atoms with Crippen LogP contribution in [0.25, 0.3) is 0 Å². The van der Waals surface area contributed by atoms with E-state index in [4.69, 9.17) is 34.0 Å². The van der Waals surface area contributed by atoms with Gasteiger partial charge in [0.15, 0.2) is 11.5 Å². The summed E-state index contributed by atoms with van der Waals surface area (Å²) in [6.07, 6.45) is 0. The summed E-state index contributed by atoms with van der Waals surface area (Å²) in [5.74, 6) is -1.52. The lowest BCUT2D eigenvalue weighted by Crippen LogP contribution is -2.42. The molecule has 0 amide bonds. The quantitative estimate of drug-likeness (QED) is 0.639. The normalized spacial score (nSPS) is 14.0. The van der Waals surface area contributed by atoms with Crippen molar-refractivity contribution >= 4 is 11.9 Å². The van der Waals surface area contributed by atoms with Crippen LogP contribution in [0.5, 0.6) is 17.2 Å². The minimum absolute atomic E-state index is 0.664. The van der Waals surface area contributed by atoms with E-state index >= 15 is 0 Å². The molecule has 1 aromatic rings. The molecule has 1 aromatic carbocycles. The lowest BCUT2D eigenvalue weighted by Gasteiger charge is -2.28. The summed E-state index contributed by atoms with van der Waals surface area (Å²) in [4.78, 5) is 20.6. The smallest absolute Gasteiger partial charge is 0.414 e. The Bertz CT molecular complexity index is 574. The average Bonchev–Trinajstić information content (AvgIpc) is 2.62. The molecule has 0 unspecified atom stereocenters. The molecule has 1 aliphatic rings. The fourth-order valence-corrected chi connectivity index (χ4v) is 2.40. The summed E-state index contributed by atoms with van der Waals surface area (Å²) in [6.45, 7) is 5.05. The molecule has 0 aliphatic carbocycles. The zero-order chi connectivity index (χ0) is 18.8. The SMILES string of the molecule is COc1ccc(CN2CCNCC2)c(OC)c1OC.O=C(O)C(=O)O. The lowest BCUT2D eigenvalue weighted by molar-refractivity contribution is -0.159. The molecule has 0 bridgehead atoms. The third kappa shape index (κ3) is 6.12. The molecule has 1 aliphatic heterocycles. The fraction of sp³-hybridized carbons (Fsp3) is 0.500. The summed E-state index contributed by atoms with van der Waals surface area (Å²) in [6, 6.07) is 3.97. The maximum Gasteiger partial charge on any atom is 0.414 e. The summed E-state index contributed by atoms with van der Waals surface area (Å²) >= 11 is 0. The van der Waals surface area contributed by atoms with Crippen molar-refractivity contribution in [2.24, 2.45) is 0 Å². The Labute approximate surface area is 146 Å². The highest BCUT2D eigenvalue weighted by Gasteiger charge is 2.18. The van der Waals surface area contributed by atoms with Crippen LogP contribution in [0.1, 0.15) is 5.56 Å². The molecule has 2 rings (SSSR count). The van der Waals surface area contributed by atoms with Gasteiger partial charge in [-0.1, -0.05) is 6.07 Å². The Hall–Kier alpha value is -2.52. The van der Waals surface area contributed by atoms with Gasteiger partial charge in [-0.2, -0.15) is 0 Å². The van der Waals surface area contributed by atoms with Crippen LogP contribution in [0.2, 0.25) is 0 Å². The third-order valence-corrected chi connectivity index (χ3v) is 3.57. The van der Waals surface area contributed by atoms with E-state index in [9.17, 15) is 0 Å². The first kappa shape index (κ1) is 20.5. The Morgan fingerprint density at radius 1 is 1.00 bits per heavy atom. The number of nitrogens with one attached hydrogen (secondary N) is 1. The monoisotopic (exact) mass is 356 g/mol. The van der Waals surface area contributed by atoms with Crippen LogP contribution < -0.4 is 19.5 Å². The standard InChI is InChI=1S/C14H22N2O3.C2H2O4/c1-17-12-5-4-11(13(18-2)14(12)19-3)10-16-8-6-15-7-9-16;3-1(4)2(5)6/h4-5,15H,6-10H2,1-3H3;(H,3,4)(H,5,6). The number of piperazine rings is 1. The lowest BCUT2D eigenvalue weighted by atomic mass is 10.1. The Morgan fingerprint density at radius 2 is 1.56 bits per heavy atom. The van der Waals surface area contributed by atoms with Crippen molar-refractivity contribution in [2.45, 2.75) is 6.54 Å². The second kappa shape index (κ2) is 10.4. The highest BCUT2D eigenvalue weighted by Crippen LogP contribution is 2.40. The number of methoxy groups -OCH3 is 3. The van der Waals surface area contributed by atoms with Crippen LogP contribution >= 0.6 is 0 Å². The second-order valence-electron chi connectivity index (χ2n) is 5.13. The van der Waals surface area contributed by atoms with Crippen LogP contribution in [-0.4, -0.2) is 74.6 Å². The molecule has 0 spiro atoms. The van der Waals surface area contributed by atoms with Gasteiger partial charge in [0.05, 0.1) is 21.3 Å². The number of carboxylic acid groups (broad SMARTS) is 2. The summed E-state index contributed by atoms with van der Waals surface area (Å²) in [7, 11) is 4.93. The molecule has 1 saturated heterocycles. The van der Waals surface area contributed by atoms with Gasteiger partial charge < -0.3 is 29.7 Å². The van der Waals surface area contributed by atoms with E-state index in [1.165, 1.54) is 0 Å². The summed E-state index contributed by atoms with van der Waals surface area (Å²) in [5, 5.41) is 18.1. The van der Waals surface area contributed by atoms with Gasteiger partial charge in [-0.05, 0) is 6.07 Å². The maximum atomic E-state index is 9.10. The Balaban J connectivity index is 0.000000450. The van der Waals surface area contributed by atoms with Gasteiger partial charge in [-0.3, -0.25) is 4.90 Å². The van der Waals surface area contributed by atoms with E-state index in [-0.39, 0.29) is 0 Å². The van der Waals surface area contributed by atoms with Gasteiger partial charge >= 0.3 is 11.9 Å². The van der Waals surface area contributed by atoms with Crippen LogP contribution in [0.15, 0.2) is 12.1 Å². The zero-order valence-corrected chi connectivity index (χ0v) is 14.6. The number of carbonyl (C=O) groups is 2. The number of ether oxygens (including phenoxy) is 3. The molecular weight excluding hydrogens is 332 g/mol. The molecular formula is C16H24N2O7. The minimum Gasteiger partial charge on any atom is -0.493 e. The van der Waals surface area contributed by atoms with Crippen molar-refractivity contribution in [3.8, 4) is 17.2 Å². The van der Waals surface area contributed by atoms with E-state index in [1.807, 2.05) is 12.1 Å². The molecule has 0 radical (unpaired) electrons. The largest absolute Gasteiger partial charge is 0.493 e. The Kier molecular flexibility index (Phi) is 8.51. The van der Waals surface area contributed by atoms with E-state index in [0.29, 0.717) is 11.5 Å². The number of nitrogens with zero attached hydrogens (tertiary/aromatic N) is 1. The topological polar surface area (TPSA) is 118 Å². The molecule has 140 valence electrons. The van der Waals surface area contributed by atoms with E-state index in [1.54, 1.807) is 21.3 Å². The van der Waals surface area contributed by atoms with Crippen LogP contribution in [0.3, 0.4) is 0 Å². The first-order valence-electron chi connectivity index (χ1n) is 7.61. The van der Waals surface area contributed by atoms with Gasteiger partial charge in [-0.25, -0.2) is 9.59 Å². The van der Waals surface area contributed by atoms with Gasteiger partial charge in [0.1, 0.15) is 0 Å². The van der Waals surface area contributed by atoms with E-state index in [2.05, 4.69) is 10.2 Å². The Morgan fingerprint density at radius 3 is 2.00 bits per heavy atom. The van der Waals surface area contributed by atoms with Crippen molar-refractivity contribution in [1.29, 1.82) is 0 Å². The minimum atomic E-state index is -1.82. The first-order valence-corrected chi connectivity index (χ1v) is 7.61. The van der Waals surface area contributed by atoms with E-state index in [0.717, 1.165) is 44.0 Å². The van der Waals surface area contributed by atoms with Crippen LogP contribution in [0.4, 0.5) is 0 Å². The first-order chi connectivity index (χ1) is 11.9. The van der Waals surface area contributed by atoms with Crippen molar-refractivity contribution in [3.05, 3.63) is 17.7 Å². The molecule has 1 heterocycles. The average molecular weight is 356 g/mol. The summed E-state index contributed by atoms with van der Waals surface area (Å²) in [5.41, 5.74) is 1.13. The highest BCUT2D eigenvalue weighted by molar-refractivity contribution is 6.27. The molecule has 0 atom stereocenters. The summed E-state index contributed by atoms with van der Waals surface area (Å²) < 4.78 is 16.2. The van der Waals surface area contributed by atoms with Gasteiger partial charge in [0.2, 0.25) is 5.75 Å². The number of carboxylic acids is 2. The van der Waals surface area contributed by atoms with Crippen molar-refractivity contribution < 1.29 is 34.0 Å². The second-order valence-corrected chi connectivity index (χ2v) is 5.13.